The maximum Gasteiger partial charge on any atom is 0.196 e. The number of carbonyl (C=O) groups excluding carboxylic acids is 1. The van der Waals surface area contributed by atoms with Crippen LogP contribution in [0.2, 0.25) is 0 Å². The molecule has 6 heteroatoms. The molecule has 1 aromatic rings. The van der Waals surface area contributed by atoms with E-state index in [0.29, 0.717) is 12.2 Å². The van der Waals surface area contributed by atoms with E-state index in [0.717, 1.165) is 19.5 Å². The number of nitrogens with two attached hydrogens (primary N) is 1. The number of Topliss-reactive ketones (excluding diaryl/α,β-unsaturated/α-hetero) is 1. The predicted octanol–water partition coefficient (Wildman–Crippen LogP) is 0.114. The fourth-order valence-corrected chi connectivity index (χ4v) is 1.73. The Labute approximate surface area is 100 Å². The summed E-state index contributed by atoms with van der Waals surface area (Å²) in [7, 11) is 0. The van der Waals surface area contributed by atoms with Crippen molar-refractivity contribution in [2.75, 3.05) is 19.6 Å². The first-order valence-corrected chi connectivity index (χ1v) is 5.03. The summed E-state index contributed by atoms with van der Waals surface area (Å²) in [6.07, 6.45) is 5.55. The molecular formula is C10H15ClN4O. The zero-order valence-electron chi connectivity index (χ0n) is 8.87. The number of likely N-dealkylation sites (tertiary alicyclic amines) is 1. The minimum absolute atomic E-state index is 0. The molecule has 1 unspecified atom stereocenters. The smallest absolute Gasteiger partial charge is 0.196 e. The van der Waals surface area contributed by atoms with Gasteiger partial charge in [-0.3, -0.25) is 14.7 Å². The van der Waals surface area contributed by atoms with Crippen LogP contribution < -0.4 is 5.73 Å². The first kappa shape index (κ1) is 13.0. The van der Waals surface area contributed by atoms with Gasteiger partial charge in [-0.15, -0.1) is 12.4 Å². The molecule has 1 fully saturated rings. The summed E-state index contributed by atoms with van der Waals surface area (Å²) in [6.45, 7) is 2.09. The van der Waals surface area contributed by atoms with Gasteiger partial charge in [0.15, 0.2) is 5.78 Å². The van der Waals surface area contributed by atoms with Crippen molar-refractivity contribution in [3.05, 3.63) is 24.3 Å². The van der Waals surface area contributed by atoms with Crippen LogP contribution in [0.5, 0.6) is 0 Å². The zero-order chi connectivity index (χ0) is 10.7. The van der Waals surface area contributed by atoms with E-state index in [-0.39, 0.29) is 24.2 Å². The van der Waals surface area contributed by atoms with Gasteiger partial charge in [-0.2, -0.15) is 0 Å². The van der Waals surface area contributed by atoms with Crippen molar-refractivity contribution in [2.24, 2.45) is 5.73 Å². The van der Waals surface area contributed by atoms with Crippen LogP contribution in [-0.2, 0) is 0 Å². The second-order valence-corrected chi connectivity index (χ2v) is 3.80. The van der Waals surface area contributed by atoms with Crippen molar-refractivity contribution in [2.45, 2.75) is 12.5 Å². The van der Waals surface area contributed by atoms with Gasteiger partial charge in [0.05, 0.1) is 12.7 Å². The molecule has 0 saturated carbocycles. The molecule has 2 rings (SSSR count). The van der Waals surface area contributed by atoms with Crippen molar-refractivity contribution in [3.63, 3.8) is 0 Å². The Morgan fingerprint density at radius 2 is 2.38 bits per heavy atom. The van der Waals surface area contributed by atoms with Crippen LogP contribution in [0.25, 0.3) is 0 Å². The maximum absolute atomic E-state index is 11.7. The highest BCUT2D eigenvalue weighted by Crippen LogP contribution is 2.07. The molecule has 2 heterocycles. The van der Waals surface area contributed by atoms with Gasteiger partial charge in [-0.05, 0) is 6.42 Å². The lowest BCUT2D eigenvalue weighted by atomic mass is 10.3. The third kappa shape index (κ3) is 3.23. The van der Waals surface area contributed by atoms with Gasteiger partial charge < -0.3 is 5.73 Å². The summed E-state index contributed by atoms with van der Waals surface area (Å²) in [4.78, 5) is 21.6. The molecule has 0 aromatic carbocycles. The van der Waals surface area contributed by atoms with Gasteiger partial charge in [0.2, 0.25) is 0 Å². The Kier molecular flexibility index (Phi) is 4.79. The third-order valence-corrected chi connectivity index (χ3v) is 2.52. The molecule has 1 aliphatic rings. The first-order valence-electron chi connectivity index (χ1n) is 5.03. The van der Waals surface area contributed by atoms with E-state index in [1.165, 1.54) is 12.4 Å². The SMILES string of the molecule is Cl.NC1CCN(CC(=O)c2cnccn2)C1. The molecule has 0 amide bonds. The summed E-state index contributed by atoms with van der Waals surface area (Å²) in [5.41, 5.74) is 6.19. The molecule has 16 heavy (non-hydrogen) atoms. The predicted molar refractivity (Wildman–Crippen MR) is 62.6 cm³/mol. The van der Waals surface area contributed by atoms with Crippen LogP contribution in [0.3, 0.4) is 0 Å². The zero-order valence-corrected chi connectivity index (χ0v) is 9.69. The number of halogens is 1. The number of nitrogens with zero attached hydrogens (tertiary/aromatic N) is 3. The molecule has 88 valence electrons. The highest BCUT2D eigenvalue weighted by molar-refractivity contribution is 5.95. The van der Waals surface area contributed by atoms with E-state index < -0.39 is 0 Å². The topological polar surface area (TPSA) is 72.1 Å². The summed E-state index contributed by atoms with van der Waals surface area (Å²) in [5.74, 6) is 0.0113. The Morgan fingerprint density at radius 1 is 1.56 bits per heavy atom. The van der Waals surface area contributed by atoms with E-state index in [2.05, 4.69) is 14.9 Å². The summed E-state index contributed by atoms with van der Waals surface area (Å²) < 4.78 is 0. The van der Waals surface area contributed by atoms with E-state index in [1.807, 2.05) is 0 Å². The minimum Gasteiger partial charge on any atom is -0.326 e. The van der Waals surface area contributed by atoms with Gasteiger partial charge in [0, 0.05) is 31.5 Å². The fourth-order valence-electron chi connectivity index (χ4n) is 1.73. The number of hydrogen-bond donors (Lipinski definition) is 1. The number of aromatic nitrogens is 2. The lowest BCUT2D eigenvalue weighted by Crippen LogP contribution is -2.31. The molecule has 5 nitrogen and oxygen atoms in total. The van der Waals surface area contributed by atoms with Gasteiger partial charge in [-0.1, -0.05) is 0 Å². The van der Waals surface area contributed by atoms with Crippen molar-refractivity contribution in [3.8, 4) is 0 Å². The second-order valence-electron chi connectivity index (χ2n) is 3.80. The van der Waals surface area contributed by atoms with Crippen LogP contribution >= 0.6 is 12.4 Å². The quantitative estimate of drug-likeness (QED) is 0.762. The monoisotopic (exact) mass is 242 g/mol. The van der Waals surface area contributed by atoms with Crippen LogP contribution in [0.4, 0.5) is 0 Å². The van der Waals surface area contributed by atoms with Crippen molar-refractivity contribution in [1.29, 1.82) is 0 Å². The molecule has 0 radical (unpaired) electrons. The highest BCUT2D eigenvalue weighted by atomic mass is 35.5. The number of carbonyl (C=O) groups is 1. The summed E-state index contributed by atoms with van der Waals surface area (Å²) >= 11 is 0. The Morgan fingerprint density at radius 3 is 2.94 bits per heavy atom. The van der Waals surface area contributed by atoms with Crippen LogP contribution in [0.1, 0.15) is 16.9 Å². The minimum atomic E-state index is 0. The molecule has 2 N–H and O–H groups in total. The van der Waals surface area contributed by atoms with Crippen LogP contribution in [0.15, 0.2) is 18.6 Å². The van der Waals surface area contributed by atoms with Crippen LogP contribution in [0, 0.1) is 0 Å². The molecule has 0 aliphatic carbocycles. The molecule has 1 saturated heterocycles. The number of hydrogen-bond acceptors (Lipinski definition) is 5. The highest BCUT2D eigenvalue weighted by Gasteiger charge is 2.21. The Balaban J connectivity index is 0.00000128. The van der Waals surface area contributed by atoms with Gasteiger partial charge in [0.25, 0.3) is 0 Å². The average molecular weight is 243 g/mol. The van der Waals surface area contributed by atoms with E-state index in [4.69, 9.17) is 5.73 Å². The normalized spacial score (nSPS) is 20.4. The average Bonchev–Trinajstić information content (AvgIpc) is 2.65. The Bertz CT molecular complexity index is 346. The van der Waals surface area contributed by atoms with Crippen molar-refractivity contribution < 1.29 is 4.79 Å². The maximum atomic E-state index is 11.7. The van der Waals surface area contributed by atoms with Crippen molar-refractivity contribution in [1.82, 2.24) is 14.9 Å². The van der Waals surface area contributed by atoms with Crippen LogP contribution in [-0.4, -0.2) is 46.3 Å². The number of rotatable bonds is 3. The van der Waals surface area contributed by atoms with E-state index in [1.54, 1.807) is 6.20 Å². The van der Waals surface area contributed by atoms with E-state index >= 15 is 0 Å². The lowest BCUT2D eigenvalue weighted by Gasteiger charge is -2.12. The standard InChI is InChI=1S/C10H14N4O.ClH/c11-8-1-4-14(6-8)7-10(15)9-5-12-2-3-13-9;/h2-3,5,8H,1,4,6-7,11H2;1H. The molecular weight excluding hydrogens is 228 g/mol. The Hall–Kier alpha value is -1.04. The molecule has 0 bridgehead atoms. The van der Waals surface area contributed by atoms with Gasteiger partial charge in [-0.25, -0.2) is 4.98 Å². The first-order chi connectivity index (χ1) is 7.25. The molecule has 0 spiro atoms. The molecule has 1 atom stereocenters. The third-order valence-electron chi connectivity index (χ3n) is 2.52. The lowest BCUT2D eigenvalue weighted by molar-refractivity contribution is 0.0939. The number of ketones is 1. The van der Waals surface area contributed by atoms with Gasteiger partial charge >= 0.3 is 0 Å². The summed E-state index contributed by atoms with van der Waals surface area (Å²) in [6, 6.07) is 0.208. The summed E-state index contributed by atoms with van der Waals surface area (Å²) in [5, 5.41) is 0. The second kappa shape index (κ2) is 5.89. The van der Waals surface area contributed by atoms with Gasteiger partial charge in [0.1, 0.15) is 5.69 Å². The van der Waals surface area contributed by atoms with E-state index in [9.17, 15) is 4.79 Å². The molecule has 1 aromatic heterocycles. The molecule has 1 aliphatic heterocycles. The van der Waals surface area contributed by atoms with Crippen molar-refractivity contribution >= 4 is 18.2 Å². The fraction of sp³-hybridized carbons (Fsp3) is 0.500. The largest absolute Gasteiger partial charge is 0.326 e.